The number of hydrogen-bond donors (Lipinski definition) is 1. The predicted molar refractivity (Wildman–Crippen MR) is 78.9 cm³/mol. The monoisotopic (exact) mass is 303 g/mol. The van der Waals surface area contributed by atoms with Gasteiger partial charge in [0.1, 0.15) is 5.75 Å². The number of carboxylic acids is 1. The topological polar surface area (TPSA) is 66.8 Å². The molecule has 1 N–H and O–H groups in total. The molecule has 6 heteroatoms. The maximum absolute atomic E-state index is 12.5. The Morgan fingerprint density at radius 2 is 2.10 bits per heavy atom. The Hall–Kier alpha value is -2.34. The lowest BCUT2D eigenvalue weighted by atomic mass is 10.1. The average molecular weight is 303 g/mol. The van der Waals surface area contributed by atoms with Crippen molar-refractivity contribution in [3.8, 4) is 5.75 Å². The lowest BCUT2D eigenvalue weighted by molar-refractivity contribution is -0.145. The molecule has 2 heterocycles. The van der Waals surface area contributed by atoms with Crippen molar-refractivity contribution in [2.24, 2.45) is 0 Å². The molecule has 5 nitrogen and oxygen atoms in total. The summed E-state index contributed by atoms with van der Waals surface area (Å²) in [4.78, 5) is 26.1. The van der Waals surface area contributed by atoms with E-state index in [1.807, 2.05) is 17.5 Å². The number of thiophene rings is 1. The molecule has 1 amide bonds. The van der Waals surface area contributed by atoms with E-state index in [0.717, 1.165) is 4.88 Å². The van der Waals surface area contributed by atoms with Crippen molar-refractivity contribution in [1.29, 1.82) is 0 Å². The summed E-state index contributed by atoms with van der Waals surface area (Å²) in [5.74, 6) is -0.770. The zero-order valence-corrected chi connectivity index (χ0v) is 11.9. The van der Waals surface area contributed by atoms with E-state index < -0.39 is 12.1 Å². The molecule has 1 aromatic heterocycles. The van der Waals surface area contributed by atoms with Gasteiger partial charge in [0.05, 0.1) is 18.7 Å². The first-order valence-electron chi connectivity index (χ1n) is 6.46. The fourth-order valence-electron chi connectivity index (χ4n) is 2.26. The van der Waals surface area contributed by atoms with Gasteiger partial charge in [-0.25, -0.2) is 4.79 Å². The summed E-state index contributed by atoms with van der Waals surface area (Å²) < 4.78 is 5.42. The van der Waals surface area contributed by atoms with Crippen LogP contribution in [0.25, 0.3) is 0 Å². The van der Waals surface area contributed by atoms with E-state index in [2.05, 4.69) is 0 Å². The molecular weight excluding hydrogens is 290 g/mol. The normalized spacial score (nSPS) is 17.0. The summed E-state index contributed by atoms with van der Waals surface area (Å²) in [5, 5.41) is 11.1. The number of fused-ring (bicyclic) bond motifs is 1. The summed E-state index contributed by atoms with van der Waals surface area (Å²) >= 11 is 1.51. The molecule has 0 saturated carbocycles. The number of nitrogens with zero attached hydrogens (tertiary/aromatic N) is 1. The van der Waals surface area contributed by atoms with Crippen molar-refractivity contribution in [3.05, 3.63) is 46.7 Å². The Labute approximate surface area is 125 Å². The number of ether oxygens (including phenoxy) is 1. The first-order chi connectivity index (χ1) is 10.1. The van der Waals surface area contributed by atoms with E-state index in [9.17, 15) is 9.59 Å². The Bertz CT molecular complexity index is 668. The van der Waals surface area contributed by atoms with Gasteiger partial charge in [-0.1, -0.05) is 18.2 Å². The van der Waals surface area contributed by atoms with Gasteiger partial charge in [-0.15, -0.1) is 11.3 Å². The smallest absolute Gasteiger partial charge is 0.346 e. The van der Waals surface area contributed by atoms with E-state index in [0.29, 0.717) is 11.4 Å². The van der Waals surface area contributed by atoms with Crippen molar-refractivity contribution in [2.45, 2.75) is 12.5 Å². The van der Waals surface area contributed by atoms with Crippen molar-refractivity contribution < 1.29 is 19.4 Å². The Kier molecular flexibility index (Phi) is 3.62. The third kappa shape index (κ3) is 2.75. The third-order valence-electron chi connectivity index (χ3n) is 3.26. The third-order valence-corrected chi connectivity index (χ3v) is 4.13. The number of rotatable bonds is 3. The van der Waals surface area contributed by atoms with Gasteiger partial charge < -0.3 is 14.7 Å². The summed E-state index contributed by atoms with van der Waals surface area (Å²) in [6.45, 7) is 0.0244. The summed E-state index contributed by atoms with van der Waals surface area (Å²) in [7, 11) is 0. The quantitative estimate of drug-likeness (QED) is 0.943. The standard InChI is InChI=1S/C15H13NO4S/c17-14(8-10-4-3-7-21-10)16-9-13(15(18)19)20-12-6-2-1-5-11(12)16/h1-7,13H,8-9H2,(H,18,19). The molecule has 21 heavy (non-hydrogen) atoms. The highest BCUT2D eigenvalue weighted by atomic mass is 32.1. The number of para-hydroxylation sites is 2. The minimum Gasteiger partial charge on any atom is -0.478 e. The number of hydrogen-bond acceptors (Lipinski definition) is 4. The van der Waals surface area contributed by atoms with Crippen LogP contribution in [-0.2, 0) is 16.0 Å². The molecule has 0 radical (unpaired) electrons. The van der Waals surface area contributed by atoms with E-state index in [1.54, 1.807) is 24.3 Å². The zero-order chi connectivity index (χ0) is 14.8. The van der Waals surface area contributed by atoms with Gasteiger partial charge in [0.2, 0.25) is 12.0 Å². The lowest BCUT2D eigenvalue weighted by Gasteiger charge is -2.33. The molecule has 1 atom stereocenters. The number of benzene rings is 1. The van der Waals surface area contributed by atoms with Gasteiger partial charge in [-0.2, -0.15) is 0 Å². The molecule has 0 bridgehead atoms. The molecule has 108 valence electrons. The number of anilines is 1. The van der Waals surface area contributed by atoms with E-state index in [1.165, 1.54) is 16.2 Å². The van der Waals surface area contributed by atoms with Crippen molar-refractivity contribution in [2.75, 3.05) is 11.4 Å². The number of carboxylic acid groups (broad SMARTS) is 1. The van der Waals surface area contributed by atoms with Crippen molar-refractivity contribution >= 4 is 28.9 Å². The molecule has 1 unspecified atom stereocenters. The van der Waals surface area contributed by atoms with E-state index >= 15 is 0 Å². The van der Waals surface area contributed by atoms with Gasteiger partial charge in [0, 0.05) is 4.88 Å². The molecule has 1 aliphatic heterocycles. The van der Waals surface area contributed by atoms with Crippen LogP contribution in [0, 0.1) is 0 Å². The second-order valence-corrected chi connectivity index (χ2v) is 5.71. The van der Waals surface area contributed by atoms with Crippen molar-refractivity contribution in [3.63, 3.8) is 0 Å². The summed E-state index contributed by atoms with van der Waals surface area (Å²) in [5.41, 5.74) is 0.622. The molecule has 2 aromatic rings. The fraction of sp³-hybridized carbons (Fsp3) is 0.200. The van der Waals surface area contributed by atoms with Crippen LogP contribution < -0.4 is 9.64 Å². The van der Waals surface area contributed by atoms with Gasteiger partial charge in [-0.05, 0) is 23.6 Å². The second-order valence-electron chi connectivity index (χ2n) is 4.67. The highest BCUT2D eigenvalue weighted by molar-refractivity contribution is 7.10. The first kappa shape index (κ1) is 13.6. The predicted octanol–water partition coefficient (Wildman–Crippen LogP) is 2.17. The lowest BCUT2D eigenvalue weighted by Crippen LogP contribution is -2.47. The number of carbonyl (C=O) groups is 2. The molecule has 0 spiro atoms. The molecule has 0 saturated heterocycles. The highest BCUT2D eigenvalue weighted by Gasteiger charge is 2.33. The largest absolute Gasteiger partial charge is 0.478 e. The molecule has 3 rings (SSSR count). The van der Waals surface area contributed by atoms with Gasteiger partial charge in [0.15, 0.2) is 0 Å². The number of carbonyl (C=O) groups excluding carboxylic acids is 1. The van der Waals surface area contributed by atoms with Crippen LogP contribution in [0.3, 0.4) is 0 Å². The highest BCUT2D eigenvalue weighted by Crippen LogP contribution is 2.33. The van der Waals surface area contributed by atoms with Crippen LogP contribution in [0.1, 0.15) is 4.88 Å². The van der Waals surface area contributed by atoms with E-state index in [4.69, 9.17) is 9.84 Å². The van der Waals surface area contributed by atoms with Crippen LogP contribution in [0.5, 0.6) is 5.75 Å². The van der Waals surface area contributed by atoms with Gasteiger partial charge >= 0.3 is 5.97 Å². The SMILES string of the molecule is O=C(O)C1CN(C(=O)Cc2cccs2)c2ccccc2O1. The molecule has 1 aliphatic rings. The Balaban J connectivity index is 1.89. The van der Waals surface area contributed by atoms with Crippen LogP contribution in [0.15, 0.2) is 41.8 Å². The van der Waals surface area contributed by atoms with Crippen LogP contribution >= 0.6 is 11.3 Å². The zero-order valence-electron chi connectivity index (χ0n) is 11.1. The average Bonchev–Trinajstić information content (AvgIpc) is 2.98. The van der Waals surface area contributed by atoms with Crippen LogP contribution in [0.2, 0.25) is 0 Å². The summed E-state index contributed by atoms with van der Waals surface area (Å²) in [6, 6.07) is 10.8. The second kappa shape index (κ2) is 5.57. The minimum absolute atomic E-state index is 0.0244. The number of amides is 1. The van der Waals surface area contributed by atoms with Crippen LogP contribution in [-0.4, -0.2) is 29.6 Å². The molecular formula is C15H13NO4S. The summed E-state index contributed by atoms with van der Waals surface area (Å²) in [6.07, 6.45) is -0.773. The Morgan fingerprint density at radius 1 is 1.29 bits per heavy atom. The first-order valence-corrected chi connectivity index (χ1v) is 7.34. The minimum atomic E-state index is -1.07. The van der Waals surface area contributed by atoms with Gasteiger partial charge in [0.25, 0.3) is 0 Å². The Morgan fingerprint density at radius 3 is 2.81 bits per heavy atom. The van der Waals surface area contributed by atoms with Crippen LogP contribution in [0.4, 0.5) is 5.69 Å². The fourth-order valence-corrected chi connectivity index (χ4v) is 2.95. The number of aliphatic carboxylic acids is 1. The molecule has 0 aliphatic carbocycles. The maximum atomic E-state index is 12.5. The van der Waals surface area contributed by atoms with E-state index in [-0.39, 0.29) is 18.9 Å². The molecule has 0 fully saturated rings. The van der Waals surface area contributed by atoms with Gasteiger partial charge in [-0.3, -0.25) is 4.79 Å². The molecule has 1 aromatic carbocycles. The van der Waals surface area contributed by atoms with Crippen molar-refractivity contribution in [1.82, 2.24) is 0 Å². The maximum Gasteiger partial charge on any atom is 0.346 e.